The summed E-state index contributed by atoms with van der Waals surface area (Å²) in [5.74, 6) is 0.428. The van der Waals surface area contributed by atoms with E-state index in [0.717, 1.165) is 0 Å². The first-order valence-corrected chi connectivity index (χ1v) is 5.97. The Bertz CT molecular complexity index is 539. The van der Waals surface area contributed by atoms with Gasteiger partial charge in [0.25, 0.3) is 5.91 Å². The van der Waals surface area contributed by atoms with Crippen LogP contribution in [0.1, 0.15) is 17.3 Å². The van der Waals surface area contributed by atoms with E-state index < -0.39 is 0 Å². The highest BCUT2D eigenvalue weighted by Crippen LogP contribution is 2.05. The number of carbonyl (C=O) groups is 1. The highest BCUT2D eigenvalue weighted by Gasteiger charge is 2.09. The van der Waals surface area contributed by atoms with Gasteiger partial charge in [0.2, 0.25) is 0 Å². The van der Waals surface area contributed by atoms with E-state index in [4.69, 9.17) is 0 Å². The molecule has 2 aromatic rings. The van der Waals surface area contributed by atoms with Crippen molar-refractivity contribution in [3.05, 3.63) is 36.5 Å². The van der Waals surface area contributed by atoms with Crippen molar-refractivity contribution in [2.24, 2.45) is 0 Å². The number of hydrogen-bond acceptors (Lipinski definition) is 5. The summed E-state index contributed by atoms with van der Waals surface area (Å²) in [6.07, 6.45) is 4.53. The lowest BCUT2D eigenvalue weighted by atomic mass is 10.2. The van der Waals surface area contributed by atoms with E-state index in [2.05, 4.69) is 25.7 Å². The predicted octanol–water partition coefficient (Wildman–Crippen LogP) is -0.000000000000000222. The van der Waals surface area contributed by atoms with Gasteiger partial charge in [-0.15, -0.1) is 0 Å². The molecule has 1 unspecified atom stereocenters. The minimum atomic E-state index is -0.133. The van der Waals surface area contributed by atoms with Crippen molar-refractivity contribution in [2.45, 2.75) is 13.0 Å². The molecule has 19 heavy (non-hydrogen) atoms. The zero-order valence-corrected chi connectivity index (χ0v) is 10.9. The first-order chi connectivity index (χ1) is 9.20. The maximum absolute atomic E-state index is 12.0. The molecule has 0 bridgehead atoms. The van der Waals surface area contributed by atoms with Crippen LogP contribution in [0.4, 0.5) is 0 Å². The fraction of sp³-hybridized carbons (Fsp3) is 0.333. The van der Waals surface area contributed by atoms with E-state index >= 15 is 0 Å². The number of rotatable bonds is 5. The van der Waals surface area contributed by atoms with Gasteiger partial charge in [0.05, 0.1) is 0 Å². The predicted molar refractivity (Wildman–Crippen MR) is 70.0 cm³/mol. The Balaban J connectivity index is 2.08. The van der Waals surface area contributed by atoms with E-state index in [1.54, 1.807) is 18.3 Å². The van der Waals surface area contributed by atoms with Crippen molar-refractivity contribution in [3.8, 4) is 5.82 Å². The Morgan fingerprint density at radius 2 is 2.37 bits per heavy atom. The third-order valence-electron chi connectivity index (χ3n) is 2.72. The molecule has 7 heteroatoms. The smallest absolute Gasteiger partial charge is 0.251 e. The summed E-state index contributed by atoms with van der Waals surface area (Å²) in [5, 5.41) is 9.88. The molecule has 1 amide bonds. The van der Waals surface area contributed by atoms with E-state index in [-0.39, 0.29) is 11.9 Å². The van der Waals surface area contributed by atoms with Crippen LogP contribution < -0.4 is 10.6 Å². The van der Waals surface area contributed by atoms with Gasteiger partial charge >= 0.3 is 0 Å². The second-order valence-electron chi connectivity index (χ2n) is 4.14. The zero-order chi connectivity index (χ0) is 13.7. The fourth-order valence-electron chi connectivity index (χ4n) is 1.46. The Kier molecular flexibility index (Phi) is 4.19. The van der Waals surface area contributed by atoms with Crippen LogP contribution in [0.3, 0.4) is 0 Å². The van der Waals surface area contributed by atoms with Gasteiger partial charge < -0.3 is 10.6 Å². The van der Waals surface area contributed by atoms with Gasteiger partial charge in [0.15, 0.2) is 5.82 Å². The third-order valence-corrected chi connectivity index (χ3v) is 2.72. The van der Waals surface area contributed by atoms with Gasteiger partial charge in [0, 0.05) is 24.3 Å². The molecule has 0 radical (unpaired) electrons. The average molecular weight is 260 g/mol. The molecule has 2 aromatic heterocycles. The molecule has 0 spiro atoms. The number of amides is 1. The molecule has 0 saturated carbocycles. The molecular weight excluding hydrogens is 244 g/mol. The van der Waals surface area contributed by atoms with Crippen LogP contribution in [-0.2, 0) is 0 Å². The minimum Gasteiger partial charge on any atom is -0.350 e. The molecule has 0 aromatic carbocycles. The molecule has 0 aliphatic rings. The van der Waals surface area contributed by atoms with E-state index in [0.29, 0.717) is 17.9 Å². The maximum atomic E-state index is 12.0. The Morgan fingerprint density at radius 1 is 1.53 bits per heavy atom. The molecule has 2 heterocycles. The van der Waals surface area contributed by atoms with Crippen molar-refractivity contribution in [3.63, 3.8) is 0 Å². The van der Waals surface area contributed by atoms with Crippen LogP contribution in [-0.4, -0.2) is 45.3 Å². The quantitative estimate of drug-likeness (QED) is 0.790. The summed E-state index contributed by atoms with van der Waals surface area (Å²) in [6, 6.07) is 3.56. The van der Waals surface area contributed by atoms with Crippen LogP contribution >= 0.6 is 0 Å². The highest BCUT2D eigenvalue weighted by atomic mass is 16.1. The molecule has 1 atom stereocenters. The summed E-state index contributed by atoms with van der Waals surface area (Å²) in [5.41, 5.74) is 0.545. The molecule has 100 valence electrons. The lowest BCUT2D eigenvalue weighted by Gasteiger charge is -2.11. The highest BCUT2D eigenvalue weighted by molar-refractivity contribution is 5.94. The van der Waals surface area contributed by atoms with Crippen LogP contribution in [0.2, 0.25) is 0 Å². The summed E-state index contributed by atoms with van der Waals surface area (Å²) < 4.78 is 1.51. The monoisotopic (exact) mass is 260 g/mol. The molecule has 0 aliphatic carbocycles. The summed E-state index contributed by atoms with van der Waals surface area (Å²) in [6.45, 7) is 2.56. The van der Waals surface area contributed by atoms with Gasteiger partial charge in [0.1, 0.15) is 12.7 Å². The molecular formula is C12H16N6O. The van der Waals surface area contributed by atoms with Gasteiger partial charge in [-0.1, -0.05) is 0 Å². The van der Waals surface area contributed by atoms with E-state index in [1.165, 1.54) is 17.3 Å². The second-order valence-corrected chi connectivity index (χ2v) is 4.14. The van der Waals surface area contributed by atoms with Crippen molar-refractivity contribution in [2.75, 3.05) is 13.6 Å². The second kappa shape index (κ2) is 6.05. The van der Waals surface area contributed by atoms with Crippen molar-refractivity contribution < 1.29 is 4.79 Å². The van der Waals surface area contributed by atoms with Crippen molar-refractivity contribution in [1.82, 2.24) is 30.4 Å². The normalized spacial score (nSPS) is 12.1. The lowest BCUT2D eigenvalue weighted by Crippen LogP contribution is -2.37. The van der Waals surface area contributed by atoms with E-state index in [9.17, 15) is 4.79 Å². The minimum absolute atomic E-state index is 0.133. The number of aromatic nitrogens is 4. The topological polar surface area (TPSA) is 84.7 Å². The largest absolute Gasteiger partial charge is 0.350 e. The molecule has 0 aliphatic heterocycles. The standard InChI is InChI=1S/C12H16N6O/c1-9(13-2)6-16-12(19)10-3-4-15-11(5-10)18-8-14-7-17-18/h3-5,7-9,13H,6H2,1-2H3,(H,16,19). The molecule has 2 rings (SSSR count). The number of nitrogens with zero attached hydrogens (tertiary/aromatic N) is 4. The SMILES string of the molecule is CNC(C)CNC(=O)c1ccnc(-n2cncn2)c1. The van der Waals surface area contributed by atoms with Gasteiger partial charge in [-0.05, 0) is 26.1 Å². The summed E-state index contributed by atoms with van der Waals surface area (Å²) in [4.78, 5) is 20.0. The first-order valence-electron chi connectivity index (χ1n) is 5.97. The Labute approximate surface area is 111 Å². The van der Waals surface area contributed by atoms with Gasteiger partial charge in [-0.3, -0.25) is 4.79 Å². The third kappa shape index (κ3) is 3.35. The average Bonchev–Trinajstić information content (AvgIpc) is 2.98. The molecule has 0 saturated heterocycles. The molecule has 2 N–H and O–H groups in total. The molecule has 7 nitrogen and oxygen atoms in total. The number of hydrogen-bond donors (Lipinski definition) is 2. The number of carbonyl (C=O) groups excluding carboxylic acids is 1. The number of likely N-dealkylation sites (N-methyl/N-ethyl adjacent to an activating group) is 1. The van der Waals surface area contributed by atoms with Crippen LogP contribution in [0, 0.1) is 0 Å². The summed E-state index contributed by atoms with van der Waals surface area (Å²) >= 11 is 0. The number of pyridine rings is 1. The zero-order valence-electron chi connectivity index (χ0n) is 10.9. The van der Waals surface area contributed by atoms with Crippen LogP contribution in [0.15, 0.2) is 31.0 Å². The Hall–Kier alpha value is -2.28. The summed E-state index contributed by atoms with van der Waals surface area (Å²) in [7, 11) is 1.85. The maximum Gasteiger partial charge on any atom is 0.251 e. The van der Waals surface area contributed by atoms with Crippen LogP contribution in [0.25, 0.3) is 5.82 Å². The van der Waals surface area contributed by atoms with Crippen molar-refractivity contribution in [1.29, 1.82) is 0 Å². The first kappa shape index (κ1) is 13.2. The number of nitrogens with one attached hydrogen (secondary N) is 2. The van der Waals surface area contributed by atoms with Crippen LogP contribution in [0.5, 0.6) is 0 Å². The van der Waals surface area contributed by atoms with Crippen molar-refractivity contribution >= 4 is 5.91 Å². The van der Waals surface area contributed by atoms with Gasteiger partial charge in [-0.2, -0.15) is 5.10 Å². The molecule has 0 fully saturated rings. The van der Waals surface area contributed by atoms with Gasteiger partial charge in [-0.25, -0.2) is 14.6 Å². The fourth-order valence-corrected chi connectivity index (χ4v) is 1.46. The Morgan fingerprint density at radius 3 is 3.05 bits per heavy atom. The lowest BCUT2D eigenvalue weighted by molar-refractivity contribution is 0.0950. The van der Waals surface area contributed by atoms with E-state index in [1.807, 2.05) is 14.0 Å².